The Labute approximate surface area is 199 Å². The number of rotatable bonds is 2. The van der Waals surface area contributed by atoms with Crippen LogP contribution in [0.2, 0.25) is 0 Å². The Morgan fingerprint density at radius 3 is 2.33 bits per heavy atom. The summed E-state index contributed by atoms with van der Waals surface area (Å²) in [7, 11) is 1.88. The van der Waals surface area contributed by atoms with Crippen molar-refractivity contribution in [2.45, 2.75) is 116 Å². The van der Waals surface area contributed by atoms with Crippen molar-refractivity contribution in [3.8, 4) is 0 Å². The lowest BCUT2D eigenvalue weighted by atomic mass is 9.92. The Morgan fingerprint density at radius 2 is 1.70 bits per heavy atom. The molecule has 8 nitrogen and oxygen atoms in total. The van der Waals surface area contributed by atoms with Gasteiger partial charge < -0.3 is 34.4 Å². The van der Waals surface area contributed by atoms with Crippen LogP contribution in [0.25, 0.3) is 0 Å². The fourth-order valence-electron chi connectivity index (χ4n) is 5.10. The first kappa shape index (κ1) is 28.5. The van der Waals surface area contributed by atoms with Crippen LogP contribution in [0.4, 0.5) is 0 Å². The summed E-state index contributed by atoms with van der Waals surface area (Å²) in [4.78, 5) is 14.9. The maximum absolute atomic E-state index is 12.9. The molecule has 0 aromatic rings. The van der Waals surface area contributed by atoms with Crippen molar-refractivity contribution < 1.29 is 34.3 Å². The molecule has 0 amide bonds. The average molecular weight is 474 g/mol. The van der Waals surface area contributed by atoms with Crippen LogP contribution in [0.1, 0.15) is 73.6 Å². The number of ether oxygens (including phenoxy) is 3. The number of aliphatic hydroxyl groups is 3. The van der Waals surface area contributed by atoms with Crippen LogP contribution < -0.4 is 0 Å². The molecule has 10 atom stereocenters. The molecule has 2 fully saturated rings. The second-order valence-corrected chi connectivity index (χ2v) is 11.1. The van der Waals surface area contributed by atoms with Crippen molar-refractivity contribution in [3.63, 3.8) is 0 Å². The van der Waals surface area contributed by atoms with E-state index in [0.717, 1.165) is 12.8 Å². The molecule has 7 unspecified atom stereocenters. The highest BCUT2D eigenvalue weighted by molar-refractivity contribution is 5.72. The van der Waals surface area contributed by atoms with Crippen LogP contribution in [0.3, 0.4) is 0 Å². The van der Waals surface area contributed by atoms with Crippen molar-refractivity contribution in [2.75, 3.05) is 20.2 Å². The van der Waals surface area contributed by atoms with E-state index in [1.165, 1.54) is 6.92 Å². The summed E-state index contributed by atoms with van der Waals surface area (Å²) >= 11 is 0. The zero-order chi connectivity index (χ0) is 24.9. The highest BCUT2D eigenvalue weighted by Crippen LogP contribution is 2.29. The van der Waals surface area contributed by atoms with Crippen molar-refractivity contribution in [1.29, 1.82) is 0 Å². The van der Waals surface area contributed by atoms with Crippen molar-refractivity contribution in [1.82, 2.24) is 4.90 Å². The van der Waals surface area contributed by atoms with E-state index in [4.69, 9.17) is 14.2 Å². The van der Waals surface area contributed by atoms with Crippen LogP contribution in [-0.4, -0.2) is 88.7 Å². The first-order chi connectivity index (χ1) is 15.3. The molecule has 0 aromatic carbocycles. The summed E-state index contributed by atoms with van der Waals surface area (Å²) in [5, 5.41) is 32.3. The number of nitrogens with zero attached hydrogens (tertiary/aromatic N) is 1. The second-order valence-electron chi connectivity index (χ2n) is 11.1. The minimum absolute atomic E-state index is 0.0882. The number of esters is 1. The van der Waals surface area contributed by atoms with Gasteiger partial charge in [-0.3, -0.25) is 4.79 Å². The smallest absolute Gasteiger partial charge is 0.311 e. The van der Waals surface area contributed by atoms with Gasteiger partial charge in [-0.1, -0.05) is 13.8 Å². The van der Waals surface area contributed by atoms with Crippen molar-refractivity contribution >= 4 is 5.97 Å². The molecule has 0 bridgehead atoms. The summed E-state index contributed by atoms with van der Waals surface area (Å²) in [6.07, 6.45) is 0.903. The normalized spacial score (nSPS) is 45.6. The van der Waals surface area contributed by atoms with Crippen molar-refractivity contribution in [3.05, 3.63) is 0 Å². The van der Waals surface area contributed by atoms with Gasteiger partial charge in [0, 0.05) is 19.0 Å². The number of cyclic esters (lactones) is 1. The van der Waals surface area contributed by atoms with Gasteiger partial charge in [-0.05, 0) is 72.3 Å². The Hall–Kier alpha value is -0.770. The van der Waals surface area contributed by atoms with Gasteiger partial charge >= 0.3 is 5.97 Å². The molecule has 2 aliphatic rings. The zero-order valence-electron chi connectivity index (χ0n) is 21.6. The maximum Gasteiger partial charge on any atom is 0.311 e. The second kappa shape index (κ2) is 12.3. The highest BCUT2D eigenvalue weighted by Gasteiger charge is 2.39. The molecular formula is C25H47NO7. The van der Waals surface area contributed by atoms with E-state index in [1.54, 1.807) is 6.92 Å². The van der Waals surface area contributed by atoms with Gasteiger partial charge in [-0.25, -0.2) is 0 Å². The SMILES string of the molecule is CC1CC(C)O[C@@H](O[C@H]2CCC(O)C[C@@H](C)CN(C)C(C)C(O)C(C)(O)COC(=O)C2C)C1. The summed E-state index contributed by atoms with van der Waals surface area (Å²) in [6.45, 7) is 11.7. The van der Waals surface area contributed by atoms with Crippen molar-refractivity contribution in [2.24, 2.45) is 17.8 Å². The molecule has 2 heterocycles. The van der Waals surface area contributed by atoms with Crippen LogP contribution in [0, 0.1) is 17.8 Å². The third-order valence-electron chi connectivity index (χ3n) is 7.32. The van der Waals surface area contributed by atoms with E-state index >= 15 is 0 Å². The lowest BCUT2D eigenvalue weighted by Gasteiger charge is -2.38. The Balaban J connectivity index is 2.19. The fraction of sp³-hybridized carbons (Fsp3) is 0.960. The Kier molecular flexibility index (Phi) is 10.6. The molecule has 0 saturated carbocycles. The molecule has 0 aliphatic carbocycles. The number of carbonyl (C=O) groups excluding carboxylic acids is 1. The number of aliphatic hydroxyl groups excluding tert-OH is 2. The van der Waals surface area contributed by atoms with E-state index in [-0.39, 0.29) is 24.7 Å². The van der Waals surface area contributed by atoms with Gasteiger partial charge in [0.05, 0.1) is 24.2 Å². The predicted molar refractivity (Wildman–Crippen MR) is 125 cm³/mol. The summed E-state index contributed by atoms with van der Waals surface area (Å²) < 4.78 is 17.7. The molecule has 194 valence electrons. The Morgan fingerprint density at radius 1 is 1.03 bits per heavy atom. The minimum atomic E-state index is -1.60. The van der Waals surface area contributed by atoms with Crippen LogP contribution in [0.5, 0.6) is 0 Å². The summed E-state index contributed by atoms with van der Waals surface area (Å²) in [5.41, 5.74) is -1.60. The van der Waals surface area contributed by atoms with E-state index < -0.39 is 42.1 Å². The first-order valence-corrected chi connectivity index (χ1v) is 12.6. The van der Waals surface area contributed by atoms with Gasteiger partial charge in [-0.2, -0.15) is 0 Å². The molecule has 0 spiro atoms. The van der Waals surface area contributed by atoms with E-state index in [0.29, 0.717) is 31.7 Å². The topological polar surface area (TPSA) is 109 Å². The maximum atomic E-state index is 12.9. The molecule has 3 N–H and O–H groups in total. The number of hydrogen-bond donors (Lipinski definition) is 3. The number of carbonyl (C=O) groups is 1. The molecule has 0 aromatic heterocycles. The zero-order valence-corrected chi connectivity index (χ0v) is 21.6. The largest absolute Gasteiger partial charge is 0.462 e. The van der Waals surface area contributed by atoms with E-state index in [2.05, 4.69) is 13.8 Å². The lowest BCUT2D eigenvalue weighted by molar-refractivity contribution is -0.231. The summed E-state index contributed by atoms with van der Waals surface area (Å²) in [6, 6.07) is -0.357. The Bertz CT molecular complexity index is 606. The monoisotopic (exact) mass is 473 g/mol. The van der Waals surface area contributed by atoms with Gasteiger partial charge in [0.2, 0.25) is 0 Å². The predicted octanol–water partition coefficient (Wildman–Crippen LogP) is 2.33. The van der Waals surface area contributed by atoms with Crippen LogP contribution >= 0.6 is 0 Å². The first-order valence-electron chi connectivity index (χ1n) is 12.6. The van der Waals surface area contributed by atoms with Gasteiger partial charge in [-0.15, -0.1) is 0 Å². The molecule has 8 heteroatoms. The molecule has 33 heavy (non-hydrogen) atoms. The lowest BCUT2D eigenvalue weighted by Crippen LogP contribution is -2.55. The number of hydrogen-bond acceptors (Lipinski definition) is 8. The van der Waals surface area contributed by atoms with E-state index in [9.17, 15) is 20.1 Å². The third kappa shape index (κ3) is 8.44. The number of likely N-dealkylation sites (N-methyl/N-ethyl adjacent to an activating group) is 1. The molecule has 2 rings (SSSR count). The third-order valence-corrected chi connectivity index (χ3v) is 7.32. The van der Waals surface area contributed by atoms with Crippen LogP contribution in [0.15, 0.2) is 0 Å². The highest BCUT2D eigenvalue weighted by atomic mass is 16.7. The van der Waals surface area contributed by atoms with Gasteiger partial charge in [0.15, 0.2) is 6.29 Å². The molecular weight excluding hydrogens is 426 g/mol. The molecule has 2 aliphatic heterocycles. The molecule has 0 radical (unpaired) electrons. The van der Waals surface area contributed by atoms with E-state index in [1.807, 2.05) is 25.8 Å². The average Bonchev–Trinajstić information content (AvgIpc) is 2.71. The van der Waals surface area contributed by atoms with Gasteiger partial charge in [0.25, 0.3) is 0 Å². The minimum Gasteiger partial charge on any atom is -0.462 e. The standard InChI is InChI=1S/C25H47NO7/c1-15-10-17(3)32-22(12-15)33-21-9-8-20(27)11-16(2)13-26(7)19(5)23(28)25(6,30)14-31-24(29)18(21)4/h15-23,27-28,30H,8-14H2,1-7H3/t15?,16-,17?,18?,19?,20?,21+,22+,23?,25?/m1/s1. The summed E-state index contributed by atoms with van der Waals surface area (Å²) in [5.74, 6) is -0.454. The molecule has 2 saturated heterocycles. The van der Waals surface area contributed by atoms with Crippen LogP contribution in [-0.2, 0) is 19.0 Å². The van der Waals surface area contributed by atoms with Gasteiger partial charge in [0.1, 0.15) is 18.3 Å². The fourth-order valence-corrected chi connectivity index (χ4v) is 5.10. The quantitative estimate of drug-likeness (QED) is 0.525.